The highest BCUT2D eigenvalue weighted by Crippen LogP contribution is 2.38. The van der Waals surface area contributed by atoms with Gasteiger partial charge in [-0.05, 0) is 55.0 Å². The first kappa shape index (κ1) is 30.9. The third-order valence-corrected chi connectivity index (χ3v) is 6.06. The summed E-state index contributed by atoms with van der Waals surface area (Å²) in [5.74, 6) is 1.15. The van der Waals surface area contributed by atoms with Gasteiger partial charge in [0, 0.05) is 11.3 Å². The second kappa shape index (κ2) is 15.2. The second-order valence-electron chi connectivity index (χ2n) is 7.89. The number of unbranched alkanes of at least 4 members (excludes halogenated alkanes) is 3. The third kappa shape index (κ3) is 9.81. The number of rotatable bonds is 13. The molecule has 0 aliphatic carbocycles. The molecule has 2 aromatic rings. The molecule has 0 aromatic heterocycles. The van der Waals surface area contributed by atoms with Crippen LogP contribution in [0.15, 0.2) is 36.4 Å². The molecule has 37 heavy (non-hydrogen) atoms. The van der Waals surface area contributed by atoms with E-state index in [2.05, 4.69) is 22.9 Å². The molecule has 8 nitrogen and oxygen atoms in total. The molecule has 1 amide bonds. The van der Waals surface area contributed by atoms with Crippen molar-refractivity contribution in [3.63, 3.8) is 0 Å². The molecule has 2 aromatic carbocycles. The Bertz CT molecular complexity index is 1010. The summed E-state index contributed by atoms with van der Waals surface area (Å²) in [7, 11) is 4.36. The first-order chi connectivity index (χ1) is 17.6. The molecule has 204 valence electrons. The lowest BCUT2D eigenvalue weighted by molar-refractivity contribution is 0.0933. The Hall–Kier alpha value is -2.33. The summed E-state index contributed by atoms with van der Waals surface area (Å²) in [6, 6.07) is 10.3. The van der Waals surface area contributed by atoms with Gasteiger partial charge in [0.2, 0.25) is 9.54 Å². The molecule has 0 saturated heterocycles. The number of methoxy groups -OCH3 is 3. The molecule has 3 N–H and O–H groups in total. The van der Waals surface area contributed by atoms with E-state index in [0.29, 0.717) is 29.5 Å². The maximum absolute atomic E-state index is 13.0. The molecule has 0 saturated carbocycles. The number of amides is 1. The molecule has 1 atom stereocenters. The Kier molecular flexibility index (Phi) is 12.7. The third-order valence-electron chi connectivity index (χ3n) is 5.18. The standard InChI is InChI=1S/C25H32Cl3N3O5S/c1-5-6-7-8-13-36-18-11-9-17(10-12-18)29-24(37)31-23(25(26,27)28)30-22(32)16-14-19(33-2)21(35-4)20(15-16)34-3/h9-12,14-15,23H,5-8,13H2,1-4H3,(H,30,32)(H2,29,31,37). The Balaban J connectivity index is 2.03. The first-order valence-corrected chi connectivity index (χ1v) is 13.1. The topological polar surface area (TPSA) is 90.1 Å². The molecule has 2 rings (SSSR count). The average molecular weight is 593 g/mol. The van der Waals surface area contributed by atoms with Crippen LogP contribution in [0, 0.1) is 0 Å². The lowest BCUT2D eigenvalue weighted by Crippen LogP contribution is -2.56. The summed E-state index contributed by atoms with van der Waals surface area (Å²) in [5, 5.41) is 8.60. The fraction of sp³-hybridized carbons (Fsp3) is 0.440. The fourth-order valence-corrected chi connectivity index (χ4v) is 3.84. The minimum atomic E-state index is -1.93. The van der Waals surface area contributed by atoms with Crippen molar-refractivity contribution in [1.82, 2.24) is 10.6 Å². The molecule has 0 bridgehead atoms. The number of hydrogen-bond donors (Lipinski definition) is 3. The van der Waals surface area contributed by atoms with Crippen LogP contribution in [0.3, 0.4) is 0 Å². The van der Waals surface area contributed by atoms with Crippen molar-refractivity contribution in [2.45, 2.75) is 42.6 Å². The minimum Gasteiger partial charge on any atom is -0.494 e. The van der Waals surface area contributed by atoms with Gasteiger partial charge >= 0.3 is 0 Å². The van der Waals surface area contributed by atoms with Gasteiger partial charge in [-0.2, -0.15) is 0 Å². The van der Waals surface area contributed by atoms with Gasteiger partial charge in [0.1, 0.15) is 11.9 Å². The van der Waals surface area contributed by atoms with Gasteiger partial charge in [-0.25, -0.2) is 0 Å². The van der Waals surface area contributed by atoms with Gasteiger partial charge in [0.25, 0.3) is 5.91 Å². The van der Waals surface area contributed by atoms with E-state index < -0.39 is 15.9 Å². The van der Waals surface area contributed by atoms with Crippen molar-refractivity contribution in [1.29, 1.82) is 0 Å². The van der Waals surface area contributed by atoms with E-state index in [1.165, 1.54) is 46.3 Å². The van der Waals surface area contributed by atoms with Crippen molar-refractivity contribution in [2.24, 2.45) is 0 Å². The SMILES string of the molecule is CCCCCCOc1ccc(NC(=S)NC(NC(=O)c2cc(OC)c(OC)c(OC)c2)C(Cl)(Cl)Cl)cc1. The zero-order valence-electron chi connectivity index (χ0n) is 21.2. The molecule has 0 aliphatic heterocycles. The van der Waals surface area contributed by atoms with E-state index in [0.717, 1.165) is 18.6 Å². The summed E-state index contributed by atoms with van der Waals surface area (Å²) in [4.78, 5) is 13.0. The number of ether oxygens (including phenoxy) is 4. The predicted octanol–water partition coefficient (Wildman–Crippen LogP) is 6.08. The maximum Gasteiger partial charge on any atom is 0.253 e. The van der Waals surface area contributed by atoms with Crippen LogP contribution in [0.1, 0.15) is 43.0 Å². The highest BCUT2D eigenvalue weighted by Gasteiger charge is 2.35. The Labute approximate surface area is 238 Å². The summed E-state index contributed by atoms with van der Waals surface area (Å²) in [6.07, 6.45) is 3.38. The quantitative estimate of drug-likeness (QED) is 0.112. The number of benzene rings is 2. The fourth-order valence-electron chi connectivity index (χ4n) is 3.28. The number of nitrogens with one attached hydrogen (secondary N) is 3. The van der Waals surface area contributed by atoms with Gasteiger partial charge in [0.15, 0.2) is 16.6 Å². The zero-order chi connectivity index (χ0) is 27.4. The van der Waals surface area contributed by atoms with Crippen molar-refractivity contribution < 1.29 is 23.7 Å². The monoisotopic (exact) mass is 591 g/mol. The molecular weight excluding hydrogens is 561 g/mol. The van der Waals surface area contributed by atoms with Gasteiger partial charge in [-0.3, -0.25) is 4.79 Å². The smallest absolute Gasteiger partial charge is 0.253 e. The number of anilines is 1. The van der Waals surface area contributed by atoms with Crippen LogP contribution in [0.4, 0.5) is 5.69 Å². The van der Waals surface area contributed by atoms with E-state index >= 15 is 0 Å². The van der Waals surface area contributed by atoms with Crippen molar-refractivity contribution >= 4 is 63.7 Å². The number of hydrogen-bond acceptors (Lipinski definition) is 6. The van der Waals surface area contributed by atoms with Crippen LogP contribution in [-0.4, -0.2) is 48.9 Å². The highest BCUT2D eigenvalue weighted by atomic mass is 35.6. The average Bonchev–Trinajstić information content (AvgIpc) is 2.87. The number of carbonyl (C=O) groups is 1. The van der Waals surface area contributed by atoms with Gasteiger partial charge < -0.3 is 34.9 Å². The molecule has 0 spiro atoms. The summed E-state index contributed by atoms with van der Waals surface area (Å²) >= 11 is 23.7. The number of halogens is 3. The van der Waals surface area contributed by atoms with Crippen LogP contribution in [-0.2, 0) is 0 Å². The van der Waals surface area contributed by atoms with Crippen molar-refractivity contribution in [3.05, 3.63) is 42.0 Å². The van der Waals surface area contributed by atoms with Crippen LogP contribution in [0.2, 0.25) is 0 Å². The van der Waals surface area contributed by atoms with Gasteiger partial charge in [0.05, 0.1) is 27.9 Å². The molecule has 12 heteroatoms. The lowest BCUT2D eigenvalue weighted by atomic mass is 10.1. The normalized spacial score (nSPS) is 11.8. The largest absolute Gasteiger partial charge is 0.494 e. The molecule has 0 heterocycles. The molecule has 0 fully saturated rings. The van der Waals surface area contributed by atoms with Crippen LogP contribution in [0.5, 0.6) is 23.0 Å². The Morgan fingerprint density at radius 2 is 1.57 bits per heavy atom. The Morgan fingerprint density at radius 3 is 2.08 bits per heavy atom. The summed E-state index contributed by atoms with van der Waals surface area (Å²) in [5.41, 5.74) is 0.884. The van der Waals surface area contributed by atoms with E-state index in [1.807, 2.05) is 24.3 Å². The lowest BCUT2D eigenvalue weighted by Gasteiger charge is -2.28. The molecular formula is C25H32Cl3N3O5S. The Morgan fingerprint density at radius 1 is 0.946 bits per heavy atom. The summed E-state index contributed by atoms with van der Waals surface area (Å²) < 4.78 is 19.7. The second-order valence-corrected chi connectivity index (χ2v) is 10.7. The van der Waals surface area contributed by atoms with Crippen molar-refractivity contribution in [2.75, 3.05) is 33.3 Å². The van der Waals surface area contributed by atoms with Crippen LogP contribution < -0.4 is 34.9 Å². The van der Waals surface area contributed by atoms with Gasteiger partial charge in [-0.1, -0.05) is 61.0 Å². The van der Waals surface area contributed by atoms with Crippen molar-refractivity contribution in [3.8, 4) is 23.0 Å². The van der Waals surface area contributed by atoms with Crippen LogP contribution in [0.25, 0.3) is 0 Å². The zero-order valence-corrected chi connectivity index (χ0v) is 24.2. The van der Waals surface area contributed by atoms with Gasteiger partial charge in [-0.15, -0.1) is 0 Å². The number of thiocarbonyl (C=S) groups is 1. The van der Waals surface area contributed by atoms with E-state index in [-0.39, 0.29) is 10.7 Å². The minimum absolute atomic E-state index is 0.134. The first-order valence-electron chi connectivity index (χ1n) is 11.6. The van der Waals surface area contributed by atoms with E-state index in [9.17, 15) is 4.79 Å². The molecule has 0 aliphatic rings. The van der Waals surface area contributed by atoms with E-state index in [4.69, 9.17) is 66.0 Å². The predicted molar refractivity (Wildman–Crippen MR) is 153 cm³/mol. The number of alkyl halides is 3. The molecule has 0 radical (unpaired) electrons. The maximum atomic E-state index is 13.0. The summed E-state index contributed by atoms with van der Waals surface area (Å²) in [6.45, 7) is 2.84. The molecule has 1 unspecified atom stereocenters. The van der Waals surface area contributed by atoms with Crippen LogP contribution >= 0.6 is 47.0 Å². The highest BCUT2D eigenvalue weighted by molar-refractivity contribution is 7.80. The number of carbonyl (C=O) groups excluding carboxylic acids is 1. The van der Waals surface area contributed by atoms with E-state index in [1.54, 1.807) is 0 Å².